The van der Waals surface area contributed by atoms with Gasteiger partial charge in [0.2, 0.25) is 0 Å². The Labute approximate surface area is 123 Å². The highest BCUT2D eigenvalue weighted by Crippen LogP contribution is 2.28. The van der Waals surface area contributed by atoms with E-state index in [0.29, 0.717) is 17.5 Å². The minimum absolute atomic E-state index is 0.268. The number of ether oxygens (including phenoxy) is 1. The number of carboxylic acid groups (broad SMARTS) is 1. The van der Waals surface area contributed by atoms with Gasteiger partial charge in [-0.15, -0.1) is 0 Å². The van der Waals surface area contributed by atoms with E-state index in [0.717, 1.165) is 37.3 Å². The van der Waals surface area contributed by atoms with Crippen LogP contribution in [-0.2, 0) is 11.3 Å². The number of rotatable bonds is 4. The van der Waals surface area contributed by atoms with Gasteiger partial charge in [0.15, 0.2) is 0 Å². The third-order valence-electron chi connectivity index (χ3n) is 4.37. The molecule has 2 atom stereocenters. The molecule has 1 aliphatic rings. The molecule has 1 aliphatic heterocycles. The number of aromatic carboxylic acids is 1. The molecule has 1 saturated heterocycles. The van der Waals surface area contributed by atoms with Gasteiger partial charge in [-0.1, -0.05) is 13.0 Å². The molecule has 0 spiro atoms. The molecule has 1 fully saturated rings. The number of benzene rings is 1. The van der Waals surface area contributed by atoms with Gasteiger partial charge in [-0.3, -0.25) is 0 Å². The SMILES string of the molecule is CCC1OCCC1Cn1c(C)nc2c(C(=O)O)cccc21. The van der Waals surface area contributed by atoms with Crippen LogP contribution < -0.4 is 0 Å². The number of aromatic nitrogens is 2. The van der Waals surface area contributed by atoms with Gasteiger partial charge < -0.3 is 14.4 Å². The second-order valence-electron chi connectivity index (χ2n) is 5.61. The van der Waals surface area contributed by atoms with Crippen LogP contribution in [0.3, 0.4) is 0 Å². The van der Waals surface area contributed by atoms with Crippen LogP contribution in [0.15, 0.2) is 18.2 Å². The molecule has 1 aromatic heterocycles. The summed E-state index contributed by atoms with van der Waals surface area (Å²) < 4.78 is 7.88. The number of hydrogen-bond acceptors (Lipinski definition) is 3. The molecular weight excluding hydrogens is 268 g/mol. The van der Waals surface area contributed by atoms with Crippen LogP contribution in [0.2, 0.25) is 0 Å². The van der Waals surface area contributed by atoms with E-state index in [1.54, 1.807) is 12.1 Å². The van der Waals surface area contributed by atoms with Crippen LogP contribution in [0.1, 0.15) is 35.9 Å². The van der Waals surface area contributed by atoms with Crippen LogP contribution in [-0.4, -0.2) is 33.3 Å². The molecule has 0 saturated carbocycles. The summed E-state index contributed by atoms with van der Waals surface area (Å²) in [5, 5.41) is 9.28. The van der Waals surface area contributed by atoms with E-state index < -0.39 is 5.97 Å². The molecule has 21 heavy (non-hydrogen) atoms. The number of nitrogens with zero attached hydrogens (tertiary/aromatic N) is 2. The first-order chi connectivity index (χ1) is 10.1. The standard InChI is InChI=1S/C16H20N2O3/c1-3-14-11(7-8-21-14)9-18-10(2)17-15-12(16(19)20)5-4-6-13(15)18/h4-6,11,14H,3,7-9H2,1-2H3,(H,19,20). The maximum Gasteiger partial charge on any atom is 0.337 e. The first-order valence-corrected chi connectivity index (χ1v) is 7.42. The Morgan fingerprint density at radius 3 is 3.05 bits per heavy atom. The third-order valence-corrected chi connectivity index (χ3v) is 4.37. The van der Waals surface area contributed by atoms with Crippen LogP contribution in [0.5, 0.6) is 0 Å². The van der Waals surface area contributed by atoms with Crippen molar-refractivity contribution in [1.29, 1.82) is 0 Å². The molecule has 0 bridgehead atoms. The largest absolute Gasteiger partial charge is 0.478 e. The predicted molar refractivity (Wildman–Crippen MR) is 79.6 cm³/mol. The number of para-hydroxylation sites is 1. The molecule has 1 aromatic carbocycles. The lowest BCUT2D eigenvalue weighted by Crippen LogP contribution is -2.20. The van der Waals surface area contributed by atoms with Crippen LogP contribution >= 0.6 is 0 Å². The average Bonchev–Trinajstić information content (AvgIpc) is 3.03. The monoisotopic (exact) mass is 288 g/mol. The van der Waals surface area contributed by atoms with Gasteiger partial charge in [0, 0.05) is 19.1 Å². The molecule has 5 nitrogen and oxygen atoms in total. The Morgan fingerprint density at radius 2 is 2.33 bits per heavy atom. The molecule has 5 heteroatoms. The first-order valence-electron chi connectivity index (χ1n) is 7.42. The van der Waals surface area contributed by atoms with Gasteiger partial charge in [0.05, 0.1) is 17.2 Å². The molecule has 2 heterocycles. The number of aryl methyl sites for hydroxylation is 1. The van der Waals surface area contributed by atoms with Crippen molar-refractivity contribution in [3.63, 3.8) is 0 Å². The summed E-state index contributed by atoms with van der Waals surface area (Å²) in [5.41, 5.74) is 1.74. The second kappa shape index (κ2) is 5.48. The second-order valence-corrected chi connectivity index (χ2v) is 5.61. The highest BCUT2D eigenvalue weighted by Gasteiger charge is 2.28. The Kier molecular flexibility index (Phi) is 3.68. The van der Waals surface area contributed by atoms with E-state index in [1.807, 2.05) is 13.0 Å². The zero-order chi connectivity index (χ0) is 15.0. The highest BCUT2D eigenvalue weighted by atomic mass is 16.5. The van der Waals surface area contributed by atoms with Gasteiger partial charge in [0.1, 0.15) is 11.3 Å². The van der Waals surface area contributed by atoms with Gasteiger partial charge in [-0.2, -0.15) is 0 Å². The number of fused-ring (bicyclic) bond motifs is 1. The van der Waals surface area contributed by atoms with Crippen LogP contribution in [0.25, 0.3) is 11.0 Å². The molecule has 112 valence electrons. The molecule has 1 N–H and O–H groups in total. The van der Waals surface area contributed by atoms with E-state index in [9.17, 15) is 9.90 Å². The summed E-state index contributed by atoms with van der Waals surface area (Å²) in [6.45, 7) is 5.73. The average molecular weight is 288 g/mol. The van der Waals surface area contributed by atoms with Gasteiger partial charge in [-0.25, -0.2) is 9.78 Å². The molecule has 2 unspecified atom stereocenters. The fraction of sp³-hybridized carbons (Fsp3) is 0.500. The topological polar surface area (TPSA) is 64.4 Å². The summed E-state index contributed by atoms with van der Waals surface area (Å²) in [6, 6.07) is 5.33. The fourth-order valence-electron chi connectivity index (χ4n) is 3.25. The van der Waals surface area contributed by atoms with Crippen molar-refractivity contribution in [3.8, 4) is 0 Å². The summed E-state index contributed by atoms with van der Waals surface area (Å²) in [4.78, 5) is 15.8. The van der Waals surface area contributed by atoms with Crippen molar-refractivity contribution in [2.75, 3.05) is 6.61 Å². The minimum atomic E-state index is -0.930. The highest BCUT2D eigenvalue weighted by molar-refractivity contribution is 6.01. The lowest BCUT2D eigenvalue weighted by Gasteiger charge is -2.18. The zero-order valence-corrected chi connectivity index (χ0v) is 12.4. The minimum Gasteiger partial charge on any atom is -0.478 e. The van der Waals surface area contributed by atoms with Gasteiger partial charge >= 0.3 is 5.97 Å². The van der Waals surface area contributed by atoms with Gasteiger partial charge in [-0.05, 0) is 31.9 Å². The molecule has 0 radical (unpaired) electrons. The fourth-order valence-corrected chi connectivity index (χ4v) is 3.25. The van der Waals surface area contributed by atoms with E-state index in [4.69, 9.17) is 4.74 Å². The number of carbonyl (C=O) groups is 1. The molecule has 3 rings (SSSR count). The predicted octanol–water partition coefficient (Wildman–Crippen LogP) is 2.86. The number of imidazole rings is 1. The van der Waals surface area contributed by atoms with Crippen molar-refractivity contribution in [3.05, 3.63) is 29.6 Å². The summed E-state index contributed by atoms with van der Waals surface area (Å²) >= 11 is 0. The van der Waals surface area contributed by atoms with Crippen molar-refractivity contribution in [1.82, 2.24) is 9.55 Å². The summed E-state index contributed by atoms with van der Waals surface area (Å²) in [7, 11) is 0. The third kappa shape index (κ3) is 2.42. The van der Waals surface area contributed by atoms with E-state index in [1.165, 1.54) is 0 Å². The van der Waals surface area contributed by atoms with E-state index in [2.05, 4.69) is 16.5 Å². The molecule has 2 aromatic rings. The van der Waals surface area contributed by atoms with Crippen LogP contribution in [0.4, 0.5) is 0 Å². The van der Waals surface area contributed by atoms with Crippen molar-refractivity contribution < 1.29 is 14.6 Å². The lowest BCUT2D eigenvalue weighted by molar-refractivity contribution is 0.0698. The van der Waals surface area contributed by atoms with E-state index in [-0.39, 0.29) is 5.56 Å². The number of hydrogen-bond donors (Lipinski definition) is 1. The first kappa shape index (κ1) is 14.1. The van der Waals surface area contributed by atoms with Crippen molar-refractivity contribution >= 4 is 17.0 Å². The smallest absolute Gasteiger partial charge is 0.337 e. The van der Waals surface area contributed by atoms with Crippen molar-refractivity contribution in [2.24, 2.45) is 5.92 Å². The Morgan fingerprint density at radius 1 is 1.52 bits per heavy atom. The summed E-state index contributed by atoms with van der Waals surface area (Å²) in [6.07, 6.45) is 2.36. The van der Waals surface area contributed by atoms with Crippen LogP contribution in [0, 0.1) is 12.8 Å². The maximum atomic E-state index is 11.3. The molecular formula is C16H20N2O3. The Bertz CT molecular complexity index is 677. The molecule has 0 aliphatic carbocycles. The Balaban J connectivity index is 2.01. The zero-order valence-electron chi connectivity index (χ0n) is 12.4. The van der Waals surface area contributed by atoms with Gasteiger partial charge in [0.25, 0.3) is 0 Å². The maximum absolute atomic E-state index is 11.3. The molecule has 0 amide bonds. The normalized spacial score (nSPS) is 22.0. The van der Waals surface area contributed by atoms with Crippen molar-refractivity contribution in [2.45, 2.75) is 39.3 Å². The van der Waals surface area contributed by atoms with E-state index >= 15 is 0 Å². The summed E-state index contributed by atoms with van der Waals surface area (Å²) in [5.74, 6) is 0.404. The lowest BCUT2D eigenvalue weighted by atomic mass is 9.99. The Hall–Kier alpha value is -1.88. The number of carboxylic acids is 1. The quantitative estimate of drug-likeness (QED) is 0.939.